The van der Waals surface area contributed by atoms with Crippen LogP contribution in [0.25, 0.3) is 11.3 Å². The third-order valence-corrected chi connectivity index (χ3v) is 5.63. The van der Waals surface area contributed by atoms with E-state index >= 15 is 0 Å². The predicted octanol–water partition coefficient (Wildman–Crippen LogP) is 2.86. The molecule has 1 unspecified atom stereocenters. The molecule has 1 aromatic carbocycles. The number of benzene rings is 1. The lowest BCUT2D eigenvalue weighted by atomic mass is 10.1. The van der Waals surface area contributed by atoms with Crippen LogP contribution in [-0.4, -0.2) is 43.5 Å². The number of nitrogens with one attached hydrogen (secondary N) is 2. The van der Waals surface area contributed by atoms with Gasteiger partial charge < -0.3 is 15.0 Å². The van der Waals surface area contributed by atoms with E-state index in [4.69, 9.17) is 4.74 Å². The van der Waals surface area contributed by atoms with E-state index in [0.717, 1.165) is 17.3 Å². The molecule has 31 heavy (non-hydrogen) atoms. The predicted molar refractivity (Wildman–Crippen MR) is 118 cm³/mol. The molecule has 0 spiro atoms. The minimum atomic E-state index is -0.562. The van der Waals surface area contributed by atoms with Gasteiger partial charge in [0.15, 0.2) is 5.16 Å². The normalized spacial score (nSPS) is 11.7. The first-order valence-electron chi connectivity index (χ1n) is 9.76. The fourth-order valence-corrected chi connectivity index (χ4v) is 3.76. The fourth-order valence-electron chi connectivity index (χ4n) is 2.85. The van der Waals surface area contributed by atoms with Crippen molar-refractivity contribution in [1.29, 1.82) is 0 Å². The third kappa shape index (κ3) is 5.40. The van der Waals surface area contributed by atoms with Gasteiger partial charge in [-0.25, -0.2) is 9.78 Å². The second-order valence-electron chi connectivity index (χ2n) is 6.56. The molecule has 3 rings (SSSR count). The van der Waals surface area contributed by atoms with Crippen LogP contribution in [0.4, 0.5) is 5.82 Å². The summed E-state index contributed by atoms with van der Waals surface area (Å²) in [6.45, 7) is 3.77. The zero-order valence-corrected chi connectivity index (χ0v) is 18.2. The number of aromatic nitrogens is 4. The molecule has 0 radical (unpaired) electrons. The second-order valence-corrected chi connectivity index (χ2v) is 7.75. The van der Waals surface area contributed by atoms with Crippen molar-refractivity contribution in [1.82, 2.24) is 19.7 Å². The lowest BCUT2D eigenvalue weighted by Crippen LogP contribution is -2.27. The van der Waals surface area contributed by atoms with Crippen LogP contribution in [0.15, 0.2) is 52.5 Å². The van der Waals surface area contributed by atoms with Gasteiger partial charge in [-0.3, -0.25) is 14.3 Å². The Morgan fingerprint density at radius 3 is 2.68 bits per heavy atom. The van der Waals surface area contributed by atoms with Crippen molar-refractivity contribution >= 4 is 29.5 Å². The molecule has 1 amide bonds. The van der Waals surface area contributed by atoms with Crippen molar-refractivity contribution in [3.63, 3.8) is 0 Å². The maximum absolute atomic E-state index is 12.9. The summed E-state index contributed by atoms with van der Waals surface area (Å²) < 4.78 is 6.42. The number of hydrogen-bond acceptors (Lipinski definition) is 7. The van der Waals surface area contributed by atoms with Gasteiger partial charge in [0.25, 0.3) is 5.56 Å². The summed E-state index contributed by atoms with van der Waals surface area (Å²) in [4.78, 5) is 44.4. The Labute approximate surface area is 183 Å². The molecule has 2 heterocycles. The smallest absolute Gasteiger partial charge is 0.343 e. The minimum Gasteiger partial charge on any atom is -0.462 e. The lowest BCUT2D eigenvalue weighted by molar-refractivity contribution is -0.115. The van der Waals surface area contributed by atoms with Crippen molar-refractivity contribution in [2.45, 2.75) is 30.7 Å². The van der Waals surface area contributed by atoms with E-state index in [1.54, 1.807) is 14.0 Å². The molecule has 0 aliphatic carbocycles. The average Bonchev–Trinajstić information content (AvgIpc) is 3.12. The van der Waals surface area contributed by atoms with Crippen molar-refractivity contribution in [3.8, 4) is 11.3 Å². The van der Waals surface area contributed by atoms with Crippen LogP contribution in [0, 0.1) is 0 Å². The summed E-state index contributed by atoms with van der Waals surface area (Å²) in [5, 5.41) is 6.56. The Hall–Kier alpha value is -3.40. The first kappa shape index (κ1) is 22.3. The minimum absolute atomic E-state index is 0.176. The monoisotopic (exact) mass is 441 g/mol. The maximum atomic E-state index is 12.9. The van der Waals surface area contributed by atoms with Crippen molar-refractivity contribution in [3.05, 3.63) is 58.5 Å². The number of H-pyrrole nitrogens is 1. The van der Waals surface area contributed by atoms with Gasteiger partial charge in [0.2, 0.25) is 5.91 Å². The Balaban J connectivity index is 1.80. The summed E-state index contributed by atoms with van der Waals surface area (Å²) in [6, 6.07) is 10.7. The molecule has 10 heteroatoms. The van der Waals surface area contributed by atoms with E-state index in [9.17, 15) is 14.4 Å². The number of esters is 1. The van der Waals surface area contributed by atoms with Crippen molar-refractivity contribution < 1.29 is 14.3 Å². The molecule has 0 saturated heterocycles. The molecule has 1 atom stereocenters. The molecule has 162 valence electrons. The number of ether oxygens (including phenoxy) is 1. The van der Waals surface area contributed by atoms with Crippen LogP contribution in [0.1, 0.15) is 30.6 Å². The molecule has 0 bridgehead atoms. The molecule has 0 fully saturated rings. The van der Waals surface area contributed by atoms with Gasteiger partial charge in [0, 0.05) is 18.7 Å². The molecule has 2 N–H and O–H groups in total. The standard InChI is InChI=1S/C21H23N5O4S/c1-4-16(19(28)25-18-14(12-22-26(18)3)20(29)30-5-2)31-21-23-15(11-17(27)24-21)13-9-7-6-8-10-13/h6-12,16H,4-5H2,1-3H3,(H,25,28)(H,23,24,27). The Bertz CT molecular complexity index is 1130. The van der Waals surface area contributed by atoms with E-state index in [-0.39, 0.29) is 29.5 Å². The average molecular weight is 442 g/mol. The molecule has 3 aromatic rings. The van der Waals surface area contributed by atoms with Crippen molar-refractivity contribution in [2.75, 3.05) is 11.9 Å². The number of anilines is 1. The molecular formula is C21H23N5O4S. The third-order valence-electron chi connectivity index (χ3n) is 4.38. The number of amides is 1. The van der Waals surface area contributed by atoms with Crippen LogP contribution in [0.3, 0.4) is 0 Å². The number of aromatic amines is 1. The van der Waals surface area contributed by atoms with Gasteiger partial charge >= 0.3 is 5.97 Å². The highest BCUT2D eigenvalue weighted by atomic mass is 32.2. The topological polar surface area (TPSA) is 119 Å². The number of carbonyl (C=O) groups excluding carboxylic acids is 2. The van der Waals surface area contributed by atoms with Crippen LogP contribution in [0.5, 0.6) is 0 Å². The summed E-state index contributed by atoms with van der Waals surface area (Å²) in [5.74, 6) is -0.649. The van der Waals surface area contributed by atoms with E-state index in [1.807, 2.05) is 37.3 Å². The summed E-state index contributed by atoms with van der Waals surface area (Å²) in [6.07, 6.45) is 1.83. The molecule has 0 saturated carbocycles. The Kier molecular flexibility index (Phi) is 7.24. The number of carbonyl (C=O) groups is 2. The molecule has 2 aromatic heterocycles. The van der Waals surface area contributed by atoms with Gasteiger partial charge in [-0.1, -0.05) is 49.0 Å². The van der Waals surface area contributed by atoms with Crippen LogP contribution in [-0.2, 0) is 16.6 Å². The highest BCUT2D eigenvalue weighted by Gasteiger charge is 2.24. The molecule has 9 nitrogen and oxygen atoms in total. The fraction of sp³-hybridized carbons (Fsp3) is 0.286. The van der Waals surface area contributed by atoms with Crippen LogP contribution >= 0.6 is 11.8 Å². The number of aryl methyl sites for hydroxylation is 1. The number of thioether (sulfide) groups is 1. The van der Waals surface area contributed by atoms with Gasteiger partial charge in [-0.15, -0.1) is 0 Å². The van der Waals surface area contributed by atoms with Gasteiger partial charge in [-0.05, 0) is 13.3 Å². The second kappa shape index (κ2) is 10.1. The van der Waals surface area contributed by atoms with Gasteiger partial charge in [0.05, 0.1) is 23.7 Å². The highest BCUT2D eigenvalue weighted by Crippen LogP contribution is 2.26. The van der Waals surface area contributed by atoms with Gasteiger partial charge in [-0.2, -0.15) is 5.10 Å². The first-order valence-corrected chi connectivity index (χ1v) is 10.6. The van der Waals surface area contributed by atoms with Crippen molar-refractivity contribution in [2.24, 2.45) is 7.05 Å². The summed E-state index contributed by atoms with van der Waals surface area (Å²) in [7, 11) is 1.62. The largest absolute Gasteiger partial charge is 0.462 e. The molecule has 0 aliphatic heterocycles. The maximum Gasteiger partial charge on any atom is 0.343 e. The lowest BCUT2D eigenvalue weighted by Gasteiger charge is -2.15. The molecular weight excluding hydrogens is 418 g/mol. The summed E-state index contributed by atoms with van der Waals surface area (Å²) >= 11 is 1.15. The van der Waals surface area contributed by atoms with E-state index in [1.165, 1.54) is 16.9 Å². The van der Waals surface area contributed by atoms with Gasteiger partial charge in [0.1, 0.15) is 11.4 Å². The van der Waals surface area contributed by atoms with Crippen LogP contribution < -0.4 is 10.9 Å². The quantitative estimate of drug-likeness (QED) is 0.313. The molecule has 0 aliphatic rings. The SMILES string of the molecule is CCOC(=O)c1cnn(C)c1NC(=O)C(CC)Sc1nc(-c2ccccc2)cc(=O)[nH]1. The van der Waals surface area contributed by atoms with E-state index in [2.05, 4.69) is 20.4 Å². The Morgan fingerprint density at radius 2 is 2.00 bits per heavy atom. The number of hydrogen-bond donors (Lipinski definition) is 2. The zero-order chi connectivity index (χ0) is 22.4. The highest BCUT2D eigenvalue weighted by molar-refractivity contribution is 8.00. The zero-order valence-electron chi connectivity index (χ0n) is 17.4. The number of rotatable bonds is 8. The Morgan fingerprint density at radius 1 is 1.26 bits per heavy atom. The van der Waals surface area contributed by atoms with Crippen LogP contribution in [0.2, 0.25) is 0 Å². The number of nitrogens with zero attached hydrogens (tertiary/aromatic N) is 3. The van der Waals surface area contributed by atoms with E-state index in [0.29, 0.717) is 17.3 Å². The van der Waals surface area contributed by atoms with E-state index < -0.39 is 11.2 Å². The summed E-state index contributed by atoms with van der Waals surface area (Å²) in [5.41, 5.74) is 1.21. The first-order chi connectivity index (χ1) is 14.9.